The van der Waals surface area contributed by atoms with Crippen molar-refractivity contribution in [2.75, 3.05) is 7.11 Å². The molecule has 0 aliphatic rings. The Morgan fingerprint density at radius 1 is 1.00 bits per heavy atom. The molecule has 0 unspecified atom stereocenters. The number of aliphatic hydroxyl groups is 1. The Morgan fingerprint density at radius 3 is 1.00 bits per heavy atom. The van der Waals surface area contributed by atoms with Crippen molar-refractivity contribution in [1.29, 1.82) is 0 Å². The fourth-order valence-electron chi connectivity index (χ4n) is 0. The zero-order chi connectivity index (χ0) is 6.00. The minimum Gasteiger partial charge on any atom is -0.400 e. The van der Waals surface area contributed by atoms with E-state index >= 15 is 0 Å². The summed E-state index contributed by atoms with van der Waals surface area (Å²) >= 11 is 0. The van der Waals surface area contributed by atoms with Gasteiger partial charge in [-0.15, -0.1) is 13.2 Å². The monoisotopic (exact) mass is 90.1 g/mol. The predicted octanol–water partition coefficient (Wildman–Crippen LogP) is 1.44. The molecule has 0 atom stereocenters. The first-order valence-electron chi connectivity index (χ1n) is 1.95. The normalized spacial score (nSPS) is 2.67. The van der Waals surface area contributed by atoms with E-state index in [2.05, 4.69) is 13.2 Å². The van der Waals surface area contributed by atoms with Crippen LogP contribution in [0.1, 0.15) is 13.8 Å². The van der Waals surface area contributed by atoms with Crippen molar-refractivity contribution in [2.24, 2.45) is 0 Å². The van der Waals surface area contributed by atoms with Crippen LogP contribution in [-0.2, 0) is 0 Å². The molecule has 0 bridgehead atoms. The molecule has 0 heterocycles. The Balaban J connectivity index is -0.0000000225. The maximum atomic E-state index is 7.00. The molecule has 0 rings (SSSR count). The Bertz CT molecular complexity index is 3.90. The second-order valence-corrected chi connectivity index (χ2v) is 0. The second kappa shape index (κ2) is 715. The standard InChI is InChI=1S/C2H6.C2H4.CH4O/c3*1-2/h1-2H3;1-2H2;2H,1H3. The van der Waals surface area contributed by atoms with Gasteiger partial charge in [-0.1, -0.05) is 13.8 Å². The van der Waals surface area contributed by atoms with Crippen LogP contribution < -0.4 is 0 Å². The first-order valence-corrected chi connectivity index (χ1v) is 1.95. The Kier molecular flexibility index (Phi) is 2060. The van der Waals surface area contributed by atoms with E-state index in [1.165, 1.54) is 0 Å². The first kappa shape index (κ1) is 17.3. The van der Waals surface area contributed by atoms with E-state index in [9.17, 15) is 0 Å². The first-order chi connectivity index (χ1) is 3.00. The lowest BCUT2D eigenvalue weighted by atomic mass is 11.0. The van der Waals surface area contributed by atoms with Crippen LogP contribution in [0.5, 0.6) is 0 Å². The molecule has 0 aliphatic heterocycles. The van der Waals surface area contributed by atoms with Crippen molar-refractivity contribution in [3.8, 4) is 0 Å². The molecule has 0 spiro atoms. The quantitative estimate of drug-likeness (QED) is 0.446. The molecule has 6 heavy (non-hydrogen) atoms. The molecule has 1 N–H and O–H groups in total. The molecule has 0 aromatic carbocycles. The Morgan fingerprint density at radius 2 is 1.00 bits per heavy atom. The fourth-order valence-corrected chi connectivity index (χ4v) is 0. The molecule has 0 aliphatic carbocycles. The molecule has 0 saturated heterocycles. The number of hydrogen-bond acceptors (Lipinski definition) is 1. The molecule has 0 fully saturated rings. The lowest BCUT2D eigenvalue weighted by Crippen LogP contribution is -1.25. The third-order valence-corrected chi connectivity index (χ3v) is 0. The predicted molar refractivity (Wildman–Crippen MR) is 30.7 cm³/mol. The number of rotatable bonds is 0. The van der Waals surface area contributed by atoms with Gasteiger partial charge in [-0.05, 0) is 0 Å². The molecule has 0 saturated carbocycles. The van der Waals surface area contributed by atoms with Gasteiger partial charge in [0.2, 0.25) is 0 Å². The van der Waals surface area contributed by atoms with E-state index < -0.39 is 0 Å². The highest BCUT2D eigenvalue weighted by Crippen LogP contribution is 1.14. The van der Waals surface area contributed by atoms with E-state index in [1.807, 2.05) is 13.8 Å². The van der Waals surface area contributed by atoms with Crippen LogP contribution in [0.15, 0.2) is 13.2 Å². The molecule has 40 valence electrons. The van der Waals surface area contributed by atoms with Gasteiger partial charge in [0.05, 0.1) is 0 Å². The maximum Gasteiger partial charge on any atom is 0.0319 e. The summed E-state index contributed by atoms with van der Waals surface area (Å²) < 4.78 is 0. The van der Waals surface area contributed by atoms with Crippen LogP contribution in [0.4, 0.5) is 0 Å². The summed E-state index contributed by atoms with van der Waals surface area (Å²) in [7, 11) is 1.00. The van der Waals surface area contributed by atoms with Crippen molar-refractivity contribution in [2.45, 2.75) is 13.8 Å². The third kappa shape index (κ3) is 300. The van der Waals surface area contributed by atoms with Crippen LogP contribution in [0.25, 0.3) is 0 Å². The van der Waals surface area contributed by atoms with Crippen molar-refractivity contribution >= 4 is 0 Å². The van der Waals surface area contributed by atoms with Crippen LogP contribution in [0.3, 0.4) is 0 Å². The SMILES string of the molecule is C=C.CC.CO. The van der Waals surface area contributed by atoms with Crippen LogP contribution >= 0.6 is 0 Å². The summed E-state index contributed by atoms with van der Waals surface area (Å²) in [6.45, 7) is 10.0. The van der Waals surface area contributed by atoms with Gasteiger partial charge in [-0.25, -0.2) is 0 Å². The van der Waals surface area contributed by atoms with Gasteiger partial charge in [0, 0.05) is 7.11 Å². The largest absolute Gasteiger partial charge is 0.400 e. The molecule has 0 aromatic rings. The summed E-state index contributed by atoms with van der Waals surface area (Å²) in [4.78, 5) is 0. The van der Waals surface area contributed by atoms with Gasteiger partial charge in [0.15, 0.2) is 0 Å². The summed E-state index contributed by atoms with van der Waals surface area (Å²) in [5.74, 6) is 0. The van der Waals surface area contributed by atoms with Gasteiger partial charge < -0.3 is 5.11 Å². The molecule has 0 radical (unpaired) electrons. The highest BCUT2D eigenvalue weighted by molar-refractivity contribution is 4.22. The lowest BCUT2D eigenvalue weighted by molar-refractivity contribution is 0.399. The van der Waals surface area contributed by atoms with Crippen molar-refractivity contribution in [3.63, 3.8) is 0 Å². The Hall–Kier alpha value is -0.300. The fraction of sp³-hybridized carbons (Fsp3) is 0.600. The molecule has 1 heteroatoms. The molecule has 1 nitrogen and oxygen atoms in total. The molecular weight excluding hydrogens is 76.1 g/mol. The van der Waals surface area contributed by atoms with E-state index in [1.54, 1.807) is 0 Å². The zero-order valence-corrected chi connectivity index (χ0v) is 4.86. The van der Waals surface area contributed by atoms with E-state index in [4.69, 9.17) is 5.11 Å². The minimum atomic E-state index is 1.00. The second-order valence-electron chi connectivity index (χ2n) is 0. The van der Waals surface area contributed by atoms with Gasteiger partial charge in [0.1, 0.15) is 0 Å². The third-order valence-electron chi connectivity index (χ3n) is 0. The topological polar surface area (TPSA) is 20.2 Å². The van der Waals surface area contributed by atoms with Crippen molar-refractivity contribution in [1.82, 2.24) is 0 Å². The van der Waals surface area contributed by atoms with Crippen molar-refractivity contribution in [3.05, 3.63) is 13.2 Å². The van der Waals surface area contributed by atoms with Crippen LogP contribution in [0, 0.1) is 0 Å². The maximum absolute atomic E-state index is 7.00. The van der Waals surface area contributed by atoms with Crippen molar-refractivity contribution < 1.29 is 5.11 Å². The Labute approximate surface area is 40.3 Å². The molecule has 0 amide bonds. The summed E-state index contributed by atoms with van der Waals surface area (Å²) in [6, 6.07) is 0. The van der Waals surface area contributed by atoms with Gasteiger partial charge >= 0.3 is 0 Å². The van der Waals surface area contributed by atoms with Crippen LogP contribution in [0.2, 0.25) is 0 Å². The minimum absolute atomic E-state index is 1.00. The average molecular weight is 90.2 g/mol. The smallest absolute Gasteiger partial charge is 0.0319 e. The van der Waals surface area contributed by atoms with Gasteiger partial charge in [0.25, 0.3) is 0 Å². The van der Waals surface area contributed by atoms with Crippen LogP contribution in [-0.4, -0.2) is 12.2 Å². The number of hydrogen-bond donors (Lipinski definition) is 1. The van der Waals surface area contributed by atoms with E-state index in [-0.39, 0.29) is 0 Å². The van der Waals surface area contributed by atoms with E-state index in [0.717, 1.165) is 7.11 Å². The summed E-state index contributed by atoms with van der Waals surface area (Å²) in [5, 5.41) is 7.00. The molecular formula is C5H14O. The summed E-state index contributed by atoms with van der Waals surface area (Å²) in [6.07, 6.45) is 0. The van der Waals surface area contributed by atoms with Gasteiger partial charge in [-0.3, -0.25) is 0 Å². The average Bonchev–Trinajstić information content (AvgIpc) is 1.81. The number of aliphatic hydroxyl groups excluding tert-OH is 1. The lowest BCUT2D eigenvalue weighted by Gasteiger charge is -1.21. The van der Waals surface area contributed by atoms with Gasteiger partial charge in [-0.2, -0.15) is 0 Å². The highest BCUT2D eigenvalue weighted by Gasteiger charge is 0.932. The molecule has 0 aromatic heterocycles. The highest BCUT2D eigenvalue weighted by atomic mass is 16.2. The summed E-state index contributed by atoms with van der Waals surface area (Å²) in [5.41, 5.74) is 0. The van der Waals surface area contributed by atoms with E-state index in [0.29, 0.717) is 0 Å². The zero-order valence-electron chi connectivity index (χ0n) is 4.86.